The van der Waals surface area contributed by atoms with Crippen LogP contribution in [0, 0.1) is 0 Å². The zero-order chi connectivity index (χ0) is 33.0. The van der Waals surface area contributed by atoms with Crippen LogP contribution < -0.4 is 5.32 Å². The maximum Gasteiger partial charge on any atom is 0.264 e. The lowest BCUT2D eigenvalue weighted by molar-refractivity contribution is -0.152. The SMILES string of the molecule is CS(=O)(=O)OCC1(COS(C)(=O)=O)O[C@H](n2cnc3c(NC(=O)c4ccccc4)ncnc32)C(N=[N+]=[N-])[C@@H]1OCc1ccccc1. The van der Waals surface area contributed by atoms with Crippen molar-refractivity contribution in [2.45, 2.75) is 30.6 Å². The molecule has 3 atom stereocenters. The number of ether oxygens (including phenoxy) is 2. The number of benzene rings is 2. The molecule has 1 aliphatic heterocycles. The second-order valence-corrected chi connectivity index (χ2v) is 13.6. The number of rotatable bonds is 13. The molecular formula is C27H28N8O9S2. The van der Waals surface area contributed by atoms with Crippen LogP contribution in [0.3, 0.4) is 0 Å². The van der Waals surface area contributed by atoms with Gasteiger partial charge in [-0.3, -0.25) is 17.7 Å². The number of hydrogen-bond acceptors (Lipinski definition) is 13. The average molecular weight is 673 g/mol. The van der Waals surface area contributed by atoms with E-state index in [4.69, 9.17) is 17.8 Å². The normalized spacial score (nSPS) is 19.5. The summed E-state index contributed by atoms with van der Waals surface area (Å²) in [7, 11) is -8.19. The minimum absolute atomic E-state index is 0.0684. The molecule has 46 heavy (non-hydrogen) atoms. The van der Waals surface area contributed by atoms with Crippen molar-refractivity contribution in [1.29, 1.82) is 0 Å². The highest BCUT2D eigenvalue weighted by Gasteiger charge is 2.58. The van der Waals surface area contributed by atoms with Crippen LogP contribution in [-0.4, -0.2) is 85.7 Å². The van der Waals surface area contributed by atoms with Crippen LogP contribution in [0.1, 0.15) is 22.1 Å². The molecule has 19 heteroatoms. The summed E-state index contributed by atoms with van der Waals surface area (Å²) in [6.07, 6.45) is 1.45. The molecule has 0 radical (unpaired) electrons. The van der Waals surface area contributed by atoms with Gasteiger partial charge in [0.15, 0.2) is 17.0 Å². The molecule has 0 aliphatic carbocycles. The summed E-state index contributed by atoms with van der Waals surface area (Å²) >= 11 is 0. The van der Waals surface area contributed by atoms with Gasteiger partial charge in [-0.2, -0.15) is 16.8 Å². The van der Waals surface area contributed by atoms with Gasteiger partial charge < -0.3 is 14.8 Å². The van der Waals surface area contributed by atoms with Crippen LogP contribution in [0.5, 0.6) is 0 Å². The van der Waals surface area contributed by atoms with E-state index >= 15 is 0 Å². The maximum absolute atomic E-state index is 12.9. The van der Waals surface area contributed by atoms with Gasteiger partial charge in [-0.25, -0.2) is 15.0 Å². The minimum Gasteiger partial charge on any atom is -0.370 e. The van der Waals surface area contributed by atoms with Crippen LogP contribution >= 0.6 is 0 Å². The topological polar surface area (TPSA) is 227 Å². The second-order valence-electron chi connectivity index (χ2n) is 10.3. The molecule has 1 N–H and O–H groups in total. The van der Waals surface area contributed by atoms with Crippen LogP contribution in [-0.2, 0) is 44.7 Å². The Kier molecular flexibility index (Phi) is 9.63. The lowest BCUT2D eigenvalue weighted by atomic mass is 9.95. The zero-order valence-corrected chi connectivity index (χ0v) is 26.0. The van der Waals surface area contributed by atoms with Gasteiger partial charge in [0.05, 0.1) is 25.4 Å². The van der Waals surface area contributed by atoms with Crippen molar-refractivity contribution >= 4 is 43.1 Å². The summed E-state index contributed by atoms with van der Waals surface area (Å²) < 4.78 is 72.6. The molecule has 5 rings (SSSR count). The first kappa shape index (κ1) is 32.9. The van der Waals surface area contributed by atoms with E-state index < -0.39 is 63.3 Å². The van der Waals surface area contributed by atoms with Crippen molar-refractivity contribution < 1.29 is 39.5 Å². The fraction of sp³-hybridized carbons (Fsp3) is 0.333. The fourth-order valence-electron chi connectivity index (χ4n) is 4.83. The first-order valence-electron chi connectivity index (χ1n) is 13.5. The molecule has 0 bridgehead atoms. The number of hydrogen-bond donors (Lipinski definition) is 1. The Hall–Kier alpha value is -4.49. The zero-order valence-electron chi connectivity index (χ0n) is 24.4. The van der Waals surface area contributed by atoms with Gasteiger partial charge >= 0.3 is 0 Å². The molecular weight excluding hydrogens is 644 g/mol. The van der Waals surface area contributed by atoms with Gasteiger partial charge in [0, 0.05) is 10.5 Å². The quantitative estimate of drug-likeness (QED) is 0.0935. The third-order valence-electron chi connectivity index (χ3n) is 6.87. The number of anilines is 1. The third kappa shape index (κ3) is 7.65. The molecule has 17 nitrogen and oxygen atoms in total. The number of nitrogens with zero attached hydrogens (tertiary/aromatic N) is 7. The van der Waals surface area contributed by atoms with E-state index in [1.807, 2.05) is 0 Å². The molecule has 1 amide bonds. The number of azide groups is 1. The Bertz CT molecular complexity index is 1930. The van der Waals surface area contributed by atoms with Crippen molar-refractivity contribution in [1.82, 2.24) is 19.5 Å². The Labute approximate surface area is 263 Å². The smallest absolute Gasteiger partial charge is 0.264 e. The number of imidazole rings is 1. The number of carbonyl (C=O) groups is 1. The molecule has 1 fully saturated rings. The van der Waals surface area contributed by atoms with Gasteiger partial charge in [0.2, 0.25) is 0 Å². The summed E-state index contributed by atoms with van der Waals surface area (Å²) in [5, 5.41) is 6.61. The highest BCUT2D eigenvalue weighted by atomic mass is 32.2. The first-order valence-corrected chi connectivity index (χ1v) is 17.1. The molecule has 1 unspecified atom stereocenters. The number of nitrogens with one attached hydrogen (secondary N) is 1. The summed E-state index contributed by atoms with van der Waals surface area (Å²) in [5.41, 5.74) is 8.98. The molecule has 1 saturated heterocycles. The lowest BCUT2D eigenvalue weighted by Gasteiger charge is -2.33. The van der Waals surface area contributed by atoms with Crippen molar-refractivity contribution in [3.63, 3.8) is 0 Å². The van der Waals surface area contributed by atoms with Crippen LogP contribution in [0.25, 0.3) is 21.6 Å². The molecule has 4 aromatic rings. The van der Waals surface area contributed by atoms with Crippen LogP contribution in [0.2, 0.25) is 0 Å². The molecule has 2 aromatic heterocycles. The number of amides is 1. The maximum atomic E-state index is 12.9. The van der Waals surface area contributed by atoms with Crippen molar-refractivity contribution in [3.05, 3.63) is 94.9 Å². The van der Waals surface area contributed by atoms with E-state index in [0.29, 0.717) is 11.1 Å². The largest absolute Gasteiger partial charge is 0.370 e. The van der Waals surface area contributed by atoms with Crippen molar-refractivity contribution in [3.8, 4) is 0 Å². The highest BCUT2D eigenvalue weighted by molar-refractivity contribution is 7.86. The second kappa shape index (κ2) is 13.5. The van der Waals surface area contributed by atoms with Crippen LogP contribution in [0.4, 0.5) is 5.82 Å². The Morgan fingerprint density at radius 2 is 1.63 bits per heavy atom. The van der Waals surface area contributed by atoms with Crippen molar-refractivity contribution in [2.24, 2.45) is 5.11 Å². The van der Waals surface area contributed by atoms with Gasteiger partial charge in [-0.1, -0.05) is 53.6 Å². The number of aromatic nitrogens is 4. The van der Waals surface area contributed by atoms with Crippen LogP contribution in [0.15, 0.2) is 78.4 Å². The summed E-state index contributed by atoms with van der Waals surface area (Å²) in [4.78, 5) is 28.6. The van der Waals surface area contributed by atoms with Gasteiger partial charge in [0.25, 0.3) is 26.1 Å². The van der Waals surface area contributed by atoms with Gasteiger partial charge in [-0.15, -0.1) is 0 Å². The Balaban J connectivity index is 1.58. The first-order chi connectivity index (χ1) is 21.9. The molecule has 0 spiro atoms. The van der Waals surface area contributed by atoms with Crippen molar-refractivity contribution in [2.75, 3.05) is 31.0 Å². The number of carbonyl (C=O) groups excluding carboxylic acids is 1. The van der Waals surface area contributed by atoms with E-state index in [-0.39, 0.29) is 23.6 Å². The van der Waals surface area contributed by atoms with Gasteiger partial charge in [0.1, 0.15) is 43.5 Å². The summed E-state index contributed by atoms with van der Waals surface area (Å²) in [6.45, 7) is -1.61. The molecule has 2 aromatic carbocycles. The molecule has 3 heterocycles. The highest BCUT2D eigenvalue weighted by Crippen LogP contribution is 2.43. The molecule has 0 saturated carbocycles. The van der Waals surface area contributed by atoms with E-state index in [9.17, 15) is 27.2 Å². The monoisotopic (exact) mass is 672 g/mol. The summed E-state index contributed by atoms with van der Waals surface area (Å²) in [5.74, 6) is -0.386. The average Bonchev–Trinajstić information content (AvgIpc) is 3.58. The van der Waals surface area contributed by atoms with E-state index in [2.05, 4.69) is 30.3 Å². The Morgan fingerprint density at radius 1 is 1.00 bits per heavy atom. The summed E-state index contributed by atoms with van der Waals surface area (Å²) in [6, 6.07) is 16.0. The fourth-order valence-corrected chi connectivity index (χ4v) is 5.66. The minimum atomic E-state index is -4.09. The molecule has 1 aliphatic rings. The standard InChI is InChI=1S/C27H28N8O9S2/c1-45(37,38)42-14-27(15-43-46(2,39)40)22(41-13-18-9-5-3-6-10-18)20(33-34-28)26(44-27)35-17-31-21-23(29-16-30-24(21)35)32-25(36)19-11-7-4-8-12-19/h3-12,16-17,20,22,26H,13-15H2,1-2H3,(H,29,30,32,36)/t20?,22-,26-/m0/s1. The Morgan fingerprint density at radius 3 is 2.24 bits per heavy atom. The predicted octanol–water partition coefficient (Wildman–Crippen LogP) is 2.56. The van der Waals surface area contributed by atoms with E-state index in [1.165, 1.54) is 17.2 Å². The molecule has 242 valence electrons. The van der Waals surface area contributed by atoms with E-state index in [0.717, 1.165) is 12.5 Å². The lowest BCUT2D eigenvalue weighted by Crippen LogP contribution is -2.52. The number of fused-ring (bicyclic) bond motifs is 1. The predicted molar refractivity (Wildman–Crippen MR) is 162 cm³/mol. The van der Waals surface area contributed by atoms with E-state index in [1.54, 1.807) is 60.7 Å². The third-order valence-corrected chi connectivity index (χ3v) is 7.96. The van der Waals surface area contributed by atoms with Gasteiger partial charge in [-0.05, 0) is 23.2 Å².